The van der Waals surface area contributed by atoms with E-state index in [0.29, 0.717) is 4.88 Å². The van der Waals surface area contributed by atoms with Crippen LogP contribution < -0.4 is 10.6 Å². The number of hydrogen-bond donors (Lipinski definition) is 3. The van der Waals surface area contributed by atoms with E-state index in [2.05, 4.69) is 15.7 Å². The van der Waals surface area contributed by atoms with Crippen LogP contribution in [0.25, 0.3) is 0 Å². The van der Waals surface area contributed by atoms with Gasteiger partial charge in [0, 0.05) is 30.2 Å². The van der Waals surface area contributed by atoms with Crippen LogP contribution in [0.1, 0.15) is 16.5 Å². The van der Waals surface area contributed by atoms with E-state index in [-0.39, 0.29) is 6.54 Å². The highest BCUT2D eigenvalue weighted by atomic mass is 32.1. The van der Waals surface area contributed by atoms with Gasteiger partial charge in [0.25, 0.3) is 0 Å². The number of amides is 2. The van der Waals surface area contributed by atoms with Crippen LogP contribution in [-0.4, -0.2) is 26.9 Å². The molecule has 0 saturated heterocycles. The third-order valence-electron chi connectivity index (χ3n) is 2.56. The molecule has 0 radical (unpaired) electrons. The lowest BCUT2D eigenvalue weighted by Gasteiger charge is -2.13. The van der Waals surface area contributed by atoms with E-state index in [1.165, 1.54) is 11.3 Å². The second kappa shape index (κ2) is 6.20. The first-order chi connectivity index (χ1) is 9.56. The Kier molecular flexibility index (Phi) is 4.36. The summed E-state index contributed by atoms with van der Waals surface area (Å²) in [6.45, 7) is 0.288. The average Bonchev–Trinajstić information content (AvgIpc) is 3.04. The molecule has 2 heterocycles. The molecular weight excluding hydrogens is 280 g/mol. The fourth-order valence-electron chi connectivity index (χ4n) is 1.64. The van der Waals surface area contributed by atoms with Gasteiger partial charge in [-0.3, -0.25) is 4.68 Å². The van der Waals surface area contributed by atoms with E-state index in [4.69, 9.17) is 5.11 Å². The molecule has 20 heavy (non-hydrogen) atoms. The van der Waals surface area contributed by atoms with Crippen LogP contribution in [0.2, 0.25) is 0 Å². The van der Waals surface area contributed by atoms with Gasteiger partial charge in [-0.2, -0.15) is 5.10 Å². The van der Waals surface area contributed by atoms with Crippen LogP contribution in [0, 0.1) is 0 Å². The van der Waals surface area contributed by atoms with Gasteiger partial charge < -0.3 is 15.7 Å². The minimum Gasteiger partial charge on any atom is -0.479 e. The molecule has 2 amide bonds. The summed E-state index contributed by atoms with van der Waals surface area (Å²) in [6.07, 6.45) is 3.41. The third kappa shape index (κ3) is 3.58. The van der Waals surface area contributed by atoms with Gasteiger partial charge >= 0.3 is 12.0 Å². The normalized spacial score (nSPS) is 11.8. The predicted molar refractivity (Wildman–Crippen MR) is 73.3 cm³/mol. The molecule has 2 aromatic rings. The number of hydrogen-bond acceptors (Lipinski definition) is 4. The largest absolute Gasteiger partial charge is 0.479 e. The number of carboxylic acids is 1. The summed E-state index contributed by atoms with van der Waals surface area (Å²) in [4.78, 5) is 23.5. The molecule has 2 aromatic heterocycles. The highest BCUT2D eigenvalue weighted by Crippen LogP contribution is 2.18. The number of carboxylic acid groups (broad SMARTS) is 1. The minimum absolute atomic E-state index is 0.288. The third-order valence-corrected chi connectivity index (χ3v) is 3.50. The SMILES string of the molecule is Cn1cc(CNC(=O)NC(C(=O)O)c2cccs2)cn1. The van der Waals surface area contributed by atoms with Crippen molar-refractivity contribution in [3.8, 4) is 0 Å². The molecular formula is C12H14N4O3S. The molecule has 2 rings (SSSR count). The second-order valence-electron chi connectivity index (χ2n) is 4.14. The number of carbonyl (C=O) groups excluding carboxylic acids is 1. The van der Waals surface area contributed by atoms with Crippen molar-refractivity contribution in [1.29, 1.82) is 0 Å². The molecule has 0 spiro atoms. The second-order valence-corrected chi connectivity index (χ2v) is 5.12. The molecule has 0 fully saturated rings. The van der Waals surface area contributed by atoms with Crippen molar-refractivity contribution in [2.75, 3.05) is 0 Å². The summed E-state index contributed by atoms with van der Waals surface area (Å²) < 4.78 is 1.63. The number of nitrogens with one attached hydrogen (secondary N) is 2. The molecule has 3 N–H and O–H groups in total. The van der Waals surface area contributed by atoms with Gasteiger partial charge in [0.1, 0.15) is 0 Å². The Hall–Kier alpha value is -2.35. The first kappa shape index (κ1) is 14.1. The monoisotopic (exact) mass is 294 g/mol. The molecule has 0 aliphatic rings. The standard InChI is InChI=1S/C12H14N4O3S/c1-16-7-8(6-14-16)5-13-12(19)15-10(11(17)18)9-3-2-4-20-9/h2-4,6-7,10H,5H2,1H3,(H,17,18)(H2,13,15,19). The smallest absolute Gasteiger partial charge is 0.331 e. The Morgan fingerprint density at radius 3 is 2.90 bits per heavy atom. The topological polar surface area (TPSA) is 96.2 Å². The number of aliphatic carboxylic acids is 1. The van der Waals surface area contributed by atoms with E-state index < -0.39 is 18.0 Å². The fourth-order valence-corrected chi connectivity index (χ4v) is 2.40. The summed E-state index contributed by atoms with van der Waals surface area (Å²) >= 11 is 1.28. The maximum absolute atomic E-state index is 11.7. The predicted octanol–water partition coefficient (Wildman–Crippen LogP) is 1.11. The van der Waals surface area contributed by atoms with E-state index in [1.807, 2.05) is 0 Å². The van der Waals surface area contributed by atoms with Gasteiger partial charge in [0.2, 0.25) is 0 Å². The lowest BCUT2D eigenvalue weighted by Crippen LogP contribution is -2.40. The van der Waals surface area contributed by atoms with Gasteiger partial charge in [-0.05, 0) is 11.4 Å². The molecule has 0 aliphatic heterocycles. The Labute approximate surface area is 119 Å². The van der Waals surface area contributed by atoms with Gasteiger partial charge in [-0.25, -0.2) is 9.59 Å². The number of thiophene rings is 1. The molecule has 106 valence electrons. The van der Waals surface area contributed by atoms with Crippen molar-refractivity contribution < 1.29 is 14.7 Å². The van der Waals surface area contributed by atoms with Crippen molar-refractivity contribution in [3.63, 3.8) is 0 Å². The number of aromatic nitrogens is 2. The van der Waals surface area contributed by atoms with Crippen LogP contribution in [0.15, 0.2) is 29.9 Å². The van der Waals surface area contributed by atoms with Crippen molar-refractivity contribution >= 4 is 23.3 Å². The number of urea groups is 1. The van der Waals surface area contributed by atoms with Crippen LogP contribution >= 0.6 is 11.3 Å². The van der Waals surface area contributed by atoms with Crippen molar-refractivity contribution in [3.05, 3.63) is 40.3 Å². The Morgan fingerprint density at radius 1 is 1.55 bits per heavy atom. The zero-order valence-electron chi connectivity index (χ0n) is 10.7. The van der Waals surface area contributed by atoms with Crippen LogP contribution in [0.5, 0.6) is 0 Å². The van der Waals surface area contributed by atoms with E-state index >= 15 is 0 Å². The van der Waals surface area contributed by atoms with E-state index in [1.54, 1.807) is 41.6 Å². The summed E-state index contributed by atoms with van der Waals surface area (Å²) in [6, 6.07) is 1.84. The van der Waals surface area contributed by atoms with Crippen LogP contribution in [-0.2, 0) is 18.4 Å². The number of carbonyl (C=O) groups is 2. The van der Waals surface area contributed by atoms with Gasteiger partial charge in [0.15, 0.2) is 6.04 Å². The summed E-state index contributed by atoms with van der Waals surface area (Å²) in [5.74, 6) is -1.09. The average molecular weight is 294 g/mol. The maximum atomic E-state index is 11.7. The molecule has 0 aliphatic carbocycles. The number of nitrogens with zero attached hydrogens (tertiary/aromatic N) is 2. The molecule has 1 unspecified atom stereocenters. The first-order valence-electron chi connectivity index (χ1n) is 5.84. The van der Waals surface area contributed by atoms with Gasteiger partial charge in [0.05, 0.1) is 6.20 Å². The van der Waals surface area contributed by atoms with Gasteiger partial charge in [-0.1, -0.05) is 6.07 Å². The Bertz CT molecular complexity index is 594. The maximum Gasteiger partial charge on any atom is 0.331 e. The number of aryl methyl sites for hydroxylation is 1. The molecule has 8 heteroatoms. The van der Waals surface area contributed by atoms with Crippen molar-refractivity contribution in [2.45, 2.75) is 12.6 Å². The number of rotatable bonds is 5. The summed E-state index contributed by atoms with van der Waals surface area (Å²) in [5, 5.41) is 19.9. The summed E-state index contributed by atoms with van der Waals surface area (Å²) in [5.41, 5.74) is 0.839. The molecule has 7 nitrogen and oxygen atoms in total. The van der Waals surface area contributed by atoms with Crippen LogP contribution in [0.4, 0.5) is 4.79 Å². The minimum atomic E-state index is -1.09. The zero-order valence-corrected chi connectivity index (χ0v) is 11.6. The van der Waals surface area contributed by atoms with Crippen molar-refractivity contribution in [1.82, 2.24) is 20.4 Å². The zero-order chi connectivity index (χ0) is 14.5. The molecule has 0 bridgehead atoms. The molecule has 0 saturated carbocycles. The van der Waals surface area contributed by atoms with E-state index in [9.17, 15) is 9.59 Å². The first-order valence-corrected chi connectivity index (χ1v) is 6.72. The fraction of sp³-hybridized carbons (Fsp3) is 0.250. The highest BCUT2D eigenvalue weighted by Gasteiger charge is 2.22. The Morgan fingerprint density at radius 2 is 2.35 bits per heavy atom. The lowest BCUT2D eigenvalue weighted by molar-refractivity contribution is -0.139. The van der Waals surface area contributed by atoms with Crippen LogP contribution in [0.3, 0.4) is 0 Å². The lowest BCUT2D eigenvalue weighted by atomic mass is 10.2. The molecule has 1 atom stereocenters. The van der Waals surface area contributed by atoms with E-state index in [0.717, 1.165) is 5.56 Å². The van der Waals surface area contributed by atoms with Crippen molar-refractivity contribution in [2.24, 2.45) is 7.05 Å². The summed E-state index contributed by atoms with van der Waals surface area (Å²) in [7, 11) is 1.78. The molecule has 0 aromatic carbocycles. The van der Waals surface area contributed by atoms with Gasteiger partial charge in [-0.15, -0.1) is 11.3 Å². The quantitative estimate of drug-likeness (QED) is 0.769. The highest BCUT2D eigenvalue weighted by molar-refractivity contribution is 7.10. The Balaban J connectivity index is 1.90.